The van der Waals surface area contributed by atoms with Crippen molar-refractivity contribution in [2.45, 2.75) is 79.8 Å². The maximum Gasteiger partial charge on any atom is 0.345 e. The summed E-state index contributed by atoms with van der Waals surface area (Å²) in [5, 5.41) is 11.3. The van der Waals surface area contributed by atoms with Crippen molar-refractivity contribution in [2.24, 2.45) is 0 Å². The molecule has 0 bridgehead atoms. The summed E-state index contributed by atoms with van der Waals surface area (Å²) in [4.78, 5) is 23.5. The Balaban J connectivity index is 3.01. The summed E-state index contributed by atoms with van der Waals surface area (Å²) in [5.41, 5.74) is 4.65. The Morgan fingerprint density at radius 2 is 1.50 bits per heavy atom. The number of benzene rings is 1. The summed E-state index contributed by atoms with van der Waals surface area (Å²) in [6.45, 7) is 12.4. The van der Waals surface area contributed by atoms with Crippen LogP contribution < -0.4 is 0 Å². The number of allylic oxidation sites excluding steroid dienone is 6. The van der Waals surface area contributed by atoms with Gasteiger partial charge >= 0.3 is 5.97 Å². The van der Waals surface area contributed by atoms with Crippen LogP contribution in [0.4, 0.5) is 5.69 Å². The normalized spacial score (nSPS) is 12.7. The SMILES string of the molecule is CC(C)=CCCC(C)=CCC(C=C(C)CCC=C(C)C)OC(=O)c1ccccc1[N+](=O)[O-]. The second kappa shape index (κ2) is 14.2. The highest BCUT2D eigenvalue weighted by Crippen LogP contribution is 2.21. The molecule has 0 amide bonds. The van der Waals surface area contributed by atoms with Crippen LogP contribution in [0.3, 0.4) is 0 Å². The molecule has 1 rings (SSSR count). The van der Waals surface area contributed by atoms with Crippen LogP contribution in [0.15, 0.2) is 70.9 Å². The van der Waals surface area contributed by atoms with Crippen LogP contribution in [0, 0.1) is 10.1 Å². The molecule has 1 unspecified atom stereocenters. The Morgan fingerprint density at radius 3 is 2.06 bits per heavy atom. The van der Waals surface area contributed by atoms with Crippen molar-refractivity contribution in [1.29, 1.82) is 0 Å². The zero-order valence-electron chi connectivity index (χ0n) is 20.3. The lowest BCUT2D eigenvalue weighted by molar-refractivity contribution is -0.385. The minimum Gasteiger partial charge on any atom is -0.454 e. The lowest BCUT2D eigenvalue weighted by atomic mass is 10.0. The van der Waals surface area contributed by atoms with Gasteiger partial charge in [0, 0.05) is 12.5 Å². The molecule has 0 aliphatic carbocycles. The molecule has 0 N–H and O–H groups in total. The third-order valence-corrected chi connectivity index (χ3v) is 4.93. The van der Waals surface area contributed by atoms with E-state index in [-0.39, 0.29) is 11.3 Å². The molecule has 0 aliphatic heterocycles. The van der Waals surface area contributed by atoms with Gasteiger partial charge in [-0.1, -0.05) is 52.7 Å². The quantitative estimate of drug-likeness (QED) is 0.144. The molecule has 1 atom stereocenters. The van der Waals surface area contributed by atoms with Gasteiger partial charge in [0.05, 0.1) is 4.92 Å². The maximum absolute atomic E-state index is 12.8. The number of carbonyl (C=O) groups is 1. The Labute approximate surface area is 192 Å². The fourth-order valence-electron chi connectivity index (χ4n) is 3.15. The molecule has 0 fully saturated rings. The molecule has 0 heterocycles. The van der Waals surface area contributed by atoms with Gasteiger partial charge in [-0.15, -0.1) is 0 Å². The minimum absolute atomic E-state index is 0.0256. The van der Waals surface area contributed by atoms with Crippen LogP contribution in [0.2, 0.25) is 0 Å². The van der Waals surface area contributed by atoms with Crippen molar-refractivity contribution in [1.82, 2.24) is 0 Å². The monoisotopic (exact) mass is 439 g/mol. The van der Waals surface area contributed by atoms with E-state index in [1.54, 1.807) is 6.07 Å². The van der Waals surface area contributed by atoms with E-state index in [0.29, 0.717) is 6.42 Å². The van der Waals surface area contributed by atoms with Crippen LogP contribution in [-0.4, -0.2) is 17.0 Å². The number of rotatable bonds is 12. The highest BCUT2D eigenvalue weighted by molar-refractivity contribution is 5.94. The van der Waals surface area contributed by atoms with E-state index in [4.69, 9.17) is 4.74 Å². The number of nitro benzene ring substituents is 1. The summed E-state index contributed by atoms with van der Waals surface area (Å²) in [7, 11) is 0. The van der Waals surface area contributed by atoms with Crippen molar-refractivity contribution >= 4 is 11.7 Å². The molecule has 0 aromatic heterocycles. The van der Waals surface area contributed by atoms with Crippen LogP contribution in [0.1, 0.15) is 84.0 Å². The Bertz CT molecular complexity index is 898. The predicted molar refractivity (Wildman–Crippen MR) is 132 cm³/mol. The summed E-state index contributed by atoms with van der Waals surface area (Å²) >= 11 is 0. The first-order chi connectivity index (χ1) is 15.1. The third-order valence-electron chi connectivity index (χ3n) is 4.93. The minimum atomic E-state index is -0.675. The molecule has 0 saturated heterocycles. The molecular weight excluding hydrogens is 402 g/mol. The second-order valence-electron chi connectivity index (χ2n) is 8.66. The van der Waals surface area contributed by atoms with Crippen molar-refractivity contribution in [3.63, 3.8) is 0 Å². The number of ether oxygens (including phenoxy) is 1. The molecule has 1 aromatic carbocycles. The molecule has 0 spiro atoms. The number of esters is 1. The van der Waals surface area contributed by atoms with E-state index < -0.39 is 17.0 Å². The van der Waals surface area contributed by atoms with Crippen LogP contribution >= 0.6 is 0 Å². The van der Waals surface area contributed by atoms with E-state index in [0.717, 1.165) is 31.3 Å². The van der Waals surface area contributed by atoms with Crippen LogP contribution in [0.25, 0.3) is 0 Å². The maximum atomic E-state index is 12.8. The standard InChI is InChI=1S/C27H37NO4/c1-20(2)11-9-13-22(5)17-18-24(19-23(6)14-10-12-21(3)4)32-27(29)25-15-7-8-16-26(25)28(30)31/h7-8,11-12,15-17,19,24H,9-10,13-14,18H2,1-6H3. The van der Waals surface area contributed by atoms with E-state index in [9.17, 15) is 14.9 Å². The molecule has 32 heavy (non-hydrogen) atoms. The number of nitro groups is 1. The second-order valence-corrected chi connectivity index (χ2v) is 8.66. The molecular formula is C27H37NO4. The number of nitrogens with zero attached hydrogens (tertiary/aromatic N) is 1. The fraction of sp³-hybridized carbons (Fsp3) is 0.444. The van der Waals surface area contributed by atoms with Gasteiger partial charge in [0.15, 0.2) is 0 Å². The summed E-state index contributed by atoms with van der Waals surface area (Å²) in [6, 6.07) is 5.90. The highest BCUT2D eigenvalue weighted by atomic mass is 16.6. The number of hydrogen-bond donors (Lipinski definition) is 0. The lowest BCUT2D eigenvalue weighted by Crippen LogP contribution is -2.17. The average Bonchev–Trinajstić information content (AvgIpc) is 2.71. The Kier molecular flexibility index (Phi) is 12.0. The van der Waals surface area contributed by atoms with E-state index >= 15 is 0 Å². The summed E-state index contributed by atoms with van der Waals surface area (Å²) in [5.74, 6) is -0.675. The van der Waals surface area contributed by atoms with Gasteiger partial charge in [-0.05, 0) is 79.4 Å². The van der Waals surface area contributed by atoms with Gasteiger partial charge in [-0.2, -0.15) is 0 Å². The van der Waals surface area contributed by atoms with Crippen LogP contribution in [-0.2, 0) is 4.74 Å². The van der Waals surface area contributed by atoms with Crippen molar-refractivity contribution in [3.8, 4) is 0 Å². The van der Waals surface area contributed by atoms with Gasteiger partial charge in [-0.25, -0.2) is 4.79 Å². The number of carbonyl (C=O) groups excluding carboxylic acids is 1. The first-order valence-electron chi connectivity index (χ1n) is 11.1. The fourth-order valence-corrected chi connectivity index (χ4v) is 3.15. The van der Waals surface area contributed by atoms with Gasteiger partial charge in [-0.3, -0.25) is 10.1 Å². The Morgan fingerprint density at radius 1 is 0.938 bits per heavy atom. The van der Waals surface area contributed by atoms with Gasteiger partial charge in [0.25, 0.3) is 5.69 Å². The highest BCUT2D eigenvalue weighted by Gasteiger charge is 2.22. The predicted octanol–water partition coefficient (Wildman–Crippen LogP) is 7.90. The number of hydrogen-bond acceptors (Lipinski definition) is 4. The number of para-hydroxylation sites is 1. The lowest BCUT2D eigenvalue weighted by Gasteiger charge is -2.15. The molecule has 5 nitrogen and oxygen atoms in total. The van der Waals surface area contributed by atoms with Gasteiger partial charge in [0.2, 0.25) is 0 Å². The first-order valence-corrected chi connectivity index (χ1v) is 11.1. The van der Waals surface area contributed by atoms with Crippen molar-refractivity contribution < 1.29 is 14.5 Å². The summed E-state index contributed by atoms with van der Waals surface area (Å²) in [6.07, 6.45) is 12.2. The largest absolute Gasteiger partial charge is 0.454 e. The molecule has 0 radical (unpaired) electrons. The molecule has 1 aromatic rings. The Hall–Kier alpha value is -2.95. The van der Waals surface area contributed by atoms with Gasteiger partial charge in [0.1, 0.15) is 11.7 Å². The van der Waals surface area contributed by atoms with Crippen molar-refractivity contribution in [2.75, 3.05) is 0 Å². The van der Waals surface area contributed by atoms with E-state index in [2.05, 4.69) is 52.8 Å². The smallest absolute Gasteiger partial charge is 0.345 e. The third kappa shape index (κ3) is 10.9. The van der Waals surface area contributed by atoms with Crippen LogP contribution in [0.5, 0.6) is 0 Å². The van der Waals surface area contributed by atoms with E-state index in [1.165, 1.54) is 34.9 Å². The zero-order chi connectivity index (χ0) is 24.1. The average molecular weight is 440 g/mol. The van der Waals surface area contributed by atoms with E-state index in [1.807, 2.05) is 13.0 Å². The topological polar surface area (TPSA) is 69.4 Å². The molecule has 0 aliphatic rings. The molecule has 174 valence electrons. The zero-order valence-corrected chi connectivity index (χ0v) is 20.3. The molecule has 0 saturated carbocycles. The first kappa shape index (κ1) is 27.1. The summed E-state index contributed by atoms with van der Waals surface area (Å²) < 4.78 is 5.73. The van der Waals surface area contributed by atoms with Gasteiger partial charge < -0.3 is 4.74 Å². The van der Waals surface area contributed by atoms with Crippen molar-refractivity contribution in [3.05, 3.63) is 86.5 Å². The molecule has 5 heteroatoms.